The lowest BCUT2D eigenvalue weighted by Gasteiger charge is -2.31. The van der Waals surface area contributed by atoms with Crippen LogP contribution in [0.4, 0.5) is 0 Å². The standard InChI is InChI=1S/C14H15O4P/c1-10-3-6-12(7-4-10)18-13-8-5-11(2)14(9-13)19(15,16)17/h3-9H,1-2H3,(H2,15,16,17)/p-2. The zero-order chi connectivity index (χ0) is 14.0. The molecule has 0 unspecified atom stereocenters. The maximum absolute atomic E-state index is 11.1. The highest BCUT2D eigenvalue weighted by Crippen LogP contribution is 2.29. The van der Waals surface area contributed by atoms with Gasteiger partial charge in [-0.3, -0.25) is 0 Å². The van der Waals surface area contributed by atoms with E-state index >= 15 is 0 Å². The van der Waals surface area contributed by atoms with Gasteiger partial charge in [-0.1, -0.05) is 23.8 Å². The Bertz CT molecular complexity index is 628. The van der Waals surface area contributed by atoms with Crippen LogP contribution in [0.2, 0.25) is 0 Å². The number of rotatable bonds is 3. The molecule has 0 heterocycles. The maximum atomic E-state index is 11.1. The van der Waals surface area contributed by atoms with E-state index in [-0.39, 0.29) is 5.30 Å². The Kier molecular flexibility index (Phi) is 3.76. The molecule has 4 nitrogen and oxygen atoms in total. The molecule has 0 saturated carbocycles. The number of hydrogen-bond donors (Lipinski definition) is 0. The van der Waals surface area contributed by atoms with Crippen molar-refractivity contribution in [1.82, 2.24) is 0 Å². The molecule has 0 aliphatic carbocycles. The van der Waals surface area contributed by atoms with Crippen LogP contribution in [0.25, 0.3) is 0 Å². The van der Waals surface area contributed by atoms with Crippen LogP contribution in [-0.4, -0.2) is 0 Å². The highest BCUT2D eigenvalue weighted by molar-refractivity contribution is 7.57. The van der Waals surface area contributed by atoms with Crippen molar-refractivity contribution in [3.63, 3.8) is 0 Å². The average Bonchev–Trinajstić information content (AvgIpc) is 2.33. The van der Waals surface area contributed by atoms with Crippen LogP contribution in [-0.2, 0) is 4.57 Å². The molecule has 2 aromatic carbocycles. The van der Waals surface area contributed by atoms with Gasteiger partial charge in [0.05, 0.1) is 0 Å². The van der Waals surface area contributed by atoms with Gasteiger partial charge in [0.25, 0.3) is 0 Å². The third-order valence-corrected chi connectivity index (χ3v) is 3.80. The third-order valence-electron chi connectivity index (χ3n) is 2.73. The van der Waals surface area contributed by atoms with Gasteiger partial charge in [-0.15, -0.1) is 0 Å². The van der Waals surface area contributed by atoms with E-state index in [2.05, 4.69) is 0 Å². The van der Waals surface area contributed by atoms with E-state index in [1.165, 1.54) is 6.07 Å². The molecule has 0 amide bonds. The Morgan fingerprint density at radius 1 is 0.947 bits per heavy atom. The molecular weight excluding hydrogens is 263 g/mol. The molecule has 2 aromatic rings. The van der Waals surface area contributed by atoms with E-state index in [0.29, 0.717) is 17.1 Å². The lowest BCUT2D eigenvalue weighted by atomic mass is 10.2. The SMILES string of the molecule is Cc1ccc(Oc2ccc(C)c(P(=O)([O-])[O-])c2)cc1. The van der Waals surface area contributed by atoms with Gasteiger partial charge in [0, 0.05) is 0 Å². The van der Waals surface area contributed by atoms with Crippen LogP contribution in [0.3, 0.4) is 0 Å². The fourth-order valence-corrected chi connectivity index (χ4v) is 2.48. The summed E-state index contributed by atoms with van der Waals surface area (Å²) in [6, 6.07) is 11.8. The summed E-state index contributed by atoms with van der Waals surface area (Å²) in [7, 11) is -4.78. The Morgan fingerprint density at radius 2 is 1.53 bits per heavy atom. The molecule has 19 heavy (non-hydrogen) atoms. The molecule has 0 radical (unpaired) electrons. The van der Waals surface area contributed by atoms with Crippen LogP contribution in [0, 0.1) is 13.8 Å². The van der Waals surface area contributed by atoms with E-state index in [1.807, 2.05) is 19.1 Å². The van der Waals surface area contributed by atoms with Gasteiger partial charge in [0.15, 0.2) is 0 Å². The van der Waals surface area contributed by atoms with Crippen molar-refractivity contribution < 1.29 is 19.1 Å². The molecule has 0 spiro atoms. The molecule has 0 saturated heterocycles. The second-order valence-corrected chi connectivity index (χ2v) is 5.84. The molecule has 0 N–H and O–H groups in total. The monoisotopic (exact) mass is 276 g/mol. The van der Waals surface area contributed by atoms with E-state index in [1.54, 1.807) is 31.2 Å². The highest BCUT2D eigenvalue weighted by atomic mass is 31.2. The average molecular weight is 276 g/mol. The van der Waals surface area contributed by atoms with Crippen molar-refractivity contribution in [2.45, 2.75) is 13.8 Å². The molecular formula is C14H13O4P-2. The van der Waals surface area contributed by atoms with Gasteiger partial charge in [-0.05, 0) is 56.6 Å². The molecule has 0 aromatic heterocycles. The van der Waals surface area contributed by atoms with Crippen molar-refractivity contribution >= 4 is 12.9 Å². The zero-order valence-electron chi connectivity index (χ0n) is 10.6. The van der Waals surface area contributed by atoms with Gasteiger partial charge in [0.2, 0.25) is 0 Å². The minimum atomic E-state index is -4.78. The first-order chi connectivity index (χ1) is 8.86. The molecule has 0 aliphatic rings. The fraction of sp³-hybridized carbons (Fsp3) is 0.143. The largest absolute Gasteiger partial charge is 0.807 e. The fourth-order valence-electron chi connectivity index (χ4n) is 1.69. The van der Waals surface area contributed by atoms with Gasteiger partial charge in [0.1, 0.15) is 11.5 Å². The van der Waals surface area contributed by atoms with Crippen molar-refractivity contribution in [3.8, 4) is 11.5 Å². The van der Waals surface area contributed by atoms with E-state index < -0.39 is 7.60 Å². The maximum Gasteiger partial charge on any atom is 0.128 e. The van der Waals surface area contributed by atoms with Crippen LogP contribution in [0.15, 0.2) is 42.5 Å². The zero-order valence-corrected chi connectivity index (χ0v) is 11.5. The van der Waals surface area contributed by atoms with Crippen molar-refractivity contribution in [3.05, 3.63) is 53.6 Å². The number of benzene rings is 2. The summed E-state index contributed by atoms with van der Waals surface area (Å²) in [5.41, 5.74) is 1.52. The molecule has 100 valence electrons. The van der Waals surface area contributed by atoms with E-state index in [0.717, 1.165) is 5.56 Å². The molecule has 0 atom stereocenters. The van der Waals surface area contributed by atoms with Gasteiger partial charge in [-0.2, -0.15) is 0 Å². The summed E-state index contributed by atoms with van der Waals surface area (Å²) < 4.78 is 16.6. The summed E-state index contributed by atoms with van der Waals surface area (Å²) in [6.45, 7) is 3.53. The number of hydrogen-bond acceptors (Lipinski definition) is 4. The lowest BCUT2D eigenvalue weighted by molar-refractivity contribution is -0.308. The van der Waals surface area contributed by atoms with Crippen LogP contribution in [0.5, 0.6) is 11.5 Å². The second-order valence-electron chi connectivity index (χ2n) is 4.36. The van der Waals surface area contributed by atoms with Crippen LogP contribution >= 0.6 is 7.60 Å². The highest BCUT2D eigenvalue weighted by Gasteiger charge is 2.05. The normalized spacial score (nSPS) is 11.4. The van der Waals surface area contributed by atoms with Gasteiger partial charge >= 0.3 is 0 Å². The third kappa shape index (κ3) is 3.44. The number of aryl methyl sites for hydroxylation is 2. The molecule has 0 fully saturated rings. The Morgan fingerprint density at radius 3 is 2.11 bits per heavy atom. The summed E-state index contributed by atoms with van der Waals surface area (Å²) in [6.07, 6.45) is 0. The van der Waals surface area contributed by atoms with E-state index in [9.17, 15) is 14.4 Å². The summed E-state index contributed by atoms with van der Waals surface area (Å²) in [4.78, 5) is 22.2. The Labute approximate surface area is 111 Å². The Balaban J connectivity index is 2.31. The van der Waals surface area contributed by atoms with Gasteiger partial charge in [-0.25, -0.2) is 0 Å². The minimum Gasteiger partial charge on any atom is -0.807 e. The topological polar surface area (TPSA) is 72.4 Å². The Hall–Kier alpha value is -1.61. The van der Waals surface area contributed by atoms with Crippen molar-refractivity contribution in [1.29, 1.82) is 0 Å². The lowest BCUT2D eigenvalue weighted by Crippen LogP contribution is -2.26. The molecule has 5 heteroatoms. The molecule has 2 rings (SSSR count). The predicted molar refractivity (Wildman–Crippen MR) is 69.7 cm³/mol. The smallest absolute Gasteiger partial charge is 0.128 e. The summed E-state index contributed by atoms with van der Waals surface area (Å²) in [5, 5.41) is -0.225. The molecule has 0 bridgehead atoms. The van der Waals surface area contributed by atoms with Crippen LogP contribution in [0.1, 0.15) is 11.1 Å². The van der Waals surface area contributed by atoms with Crippen LogP contribution < -0.4 is 19.8 Å². The first-order valence-corrected chi connectivity index (χ1v) is 7.28. The number of ether oxygens (including phenoxy) is 1. The van der Waals surface area contributed by atoms with Crippen molar-refractivity contribution in [2.75, 3.05) is 0 Å². The quantitative estimate of drug-likeness (QED) is 0.799. The first-order valence-electron chi connectivity index (χ1n) is 5.74. The predicted octanol–water partition coefficient (Wildman–Crippen LogP) is 1.63. The minimum absolute atomic E-state index is 0.225. The first kappa shape index (κ1) is 13.8. The second kappa shape index (κ2) is 5.17. The summed E-state index contributed by atoms with van der Waals surface area (Å²) >= 11 is 0. The van der Waals surface area contributed by atoms with Gasteiger partial charge < -0.3 is 19.1 Å². The van der Waals surface area contributed by atoms with E-state index in [4.69, 9.17) is 4.74 Å². The summed E-state index contributed by atoms with van der Waals surface area (Å²) in [5.74, 6) is 0.920. The van der Waals surface area contributed by atoms with Crippen molar-refractivity contribution in [2.24, 2.45) is 0 Å². The molecule has 0 aliphatic heterocycles.